The summed E-state index contributed by atoms with van der Waals surface area (Å²) in [6.45, 7) is 3.60. The number of guanidine groups is 1. The smallest absolute Gasteiger partial charge is 0.191 e. The molecule has 2 aromatic rings. The van der Waals surface area contributed by atoms with Crippen LogP contribution in [0, 0.1) is 0 Å². The second kappa shape index (κ2) is 11.7. The molecule has 1 heterocycles. The number of halogens is 1. The van der Waals surface area contributed by atoms with E-state index in [0.717, 1.165) is 12.1 Å². The molecule has 0 spiro atoms. The van der Waals surface area contributed by atoms with Crippen molar-refractivity contribution in [2.75, 3.05) is 27.3 Å². The number of aryl methyl sites for hydroxylation is 1. The van der Waals surface area contributed by atoms with Gasteiger partial charge < -0.3 is 29.8 Å². The van der Waals surface area contributed by atoms with E-state index in [4.69, 9.17) is 9.47 Å². The van der Waals surface area contributed by atoms with Crippen LogP contribution in [0.1, 0.15) is 24.2 Å². The van der Waals surface area contributed by atoms with Crippen LogP contribution in [-0.2, 0) is 13.6 Å². The fourth-order valence-electron chi connectivity index (χ4n) is 2.57. The predicted octanol–water partition coefficient (Wildman–Crippen LogP) is 2.45. The van der Waals surface area contributed by atoms with Crippen LogP contribution in [0.3, 0.4) is 0 Å². The maximum atomic E-state index is 10.6. The van der Waals surface area contributed by atoms with Crippen molar-refractivity contribution >= 4 is 29.9 Å². The molecule has 0 aliphatic heterocycles. The minimum Gasteiger partial charge on any atom is -0.497 e. The van der Waals surface area contributed by atoms with Crippen LogP contribution in [0.15, 0.2) is 41.7 Å². The Bertz CT molecular complexity index is 733. The monoisotopic (exact) mass is 488 g/mol. The molecule has 150 valence electrons. The van der Waals surface area contributed by atoms with Gasteiger partial charge in [0, 0.05) is 38.1 Å². The fraction of sp³-hybridized carbons (Fsp3) is 0.421. The molecule has 0 bridgehead atoms. The number of aliphatic hydroxyl groups excluding tert-OH is 1. The first-order valence-corrected chi connectivity index (χ1v) is 8.60. The first-order chi connectivity index (χ1) is 12.6. The lowest BCUT2D eigenvalue weighted by molar-refractivity contribution is 0.176. The Labute approximate surface area is 177 Å². The number of hydrogen-bond donors (Lipinski definition) is 3. The number of hydrogen-bond acceptors (Lipinski definition) is 4. The predicted molar refractivity (Wildman–Crippen MR) is 118 cm³/mol. The normalized spacial score (nSPS) is 12.1. The molecule has 0 aliphatic carbocycles. The Morgan fingerprint density at radius 2 is 2.00 bits per heavy atom. The van der Waals surface area contributed by atoms with E-state index in [0.29, 0.717) is 36.1 Å². The number of nitrogens with zero attached hydrogens (tertiary/aromatic N) is 2. The van der Waals surface area contributed by atoms with Crippen molar-refractivity contribution in [2.45, 2.75) is 19.6 Å². The zero-order chi connectivity index (χ0) is 18.9. The highest BCUT2D eigenvalue weighted by molar-refractivity contribution is 14.0. The van der Waals surface area contributed by atoms with Gasteiger partial charge in [0.1, 0.15) is 11.5 Å². The zero-order valence-electron chi connectivity index (χ0n) is 16.2. The molecule has 0 radical (unpaired) electrons. The molecule has 1 aromatic heterocycles. The summed E-state index contributed by atoms with van der Waals surface area (Å²) in [5, 5.41) is 16.9. The Morgan fingerprint density at radius 3 is 2.59 bits per heavy atom. The molecular formula is C19H29IN4O3. The second-order valence-electron chi connectivity index (χ2n) is 5.88. The Morgan fingerprint density at radius 1 is 1.22 bits per heavy atom. The van der Waals surface area contributed by atoms with Gasteiger partial charge >= 0.3 is 0 Å². The summed E-state index contributed by atoms with van der Waals surface area (Å²) in [6, 6.07) is 7.39. The standard InChI is InChI=1S/C19H28N4O3.HI/c1-5-20-19(21-11-14-8-9-23(2)13-14)22-12-17(24)16-10-15(25-3)6-7-18(16)26-4;/h6-10,13,17,24H,5,11-12H2,1-4H3,(H2,20,21,22);1H. The van der Waals surface area contributed by atoms with Crippen molar-refractivity contribution in [3.05, 3.63) is 47.8 Å². The van der Waals surface area contributed by atoms with Crippen molar-refractivity contribution in [3.8, 4) is 11.5 Å². The SMILES string of the molecule is CCNC(=NCc1ccn(C)c1)NCC(O)c1cc(OC)ccc1OC.I. The van der Waals surface area contributed by atoms with Gasteiger partial charge in [-0.3, -0.25) is 0 Å². The number of rotatable bonds is 8. The minimum atomic E-state index is -0.763. The largest absolute Gasteiger partial charge is 0.497 e. The average molecular weight is 488 g/mol. The first-order valence-electron chi connectivity index (χ1n) is 8.60. The molecular weight excluding hydrogens is 459 g/mol. The van der Waals surface area contributed by atoms with E-state index in [1.165, 1.54) is 0 Å². The number of aliphatic hydroxyl groups is 1. The molecule has 7 nitrogen and oxygen atoms in total. The maximum Gasteiger partial charge on any atom is 0.191 e. The second-order valence-corrected chi connectivity index (χ2v) is 5.88. The van der Waals surface area contributed by atoms with Gasteiger partial charge in [0.2, 0.25) is 0 Å². The van der Waals surface area contributed by atoms with Gasteiger partial charge in [-0.1, -0.05) is 0 Å². The summed E-state index contributed by atoms with van der Waals surface area (Å²) < 4.78 is 12.6. The Hall–Kier alpha value is -1.94. The summed E-state index contributed by atoms with van der Waals surface area (Å²) >= 11 is 0. The molecule has 2 rings (SSSR count). The summed E-state index contributed by atoms with van der Waals surface area (Å²) in [5.41, 5.74) is 1.79. The lowest BCUT2D eigenvalue weighted by atomic mass is 10.1. The van der Waals surface area contributed by atoms with E-state index in [2.05, 4.69) is 15.6 Å². The van der Waals surface area contributed by atoms with Gasteiger partial charge in [-0.15, -0.1) is 24.0 Å². The summed E-state index contributed by atoms with van der Waals surface area (Å²) in [5.74, 6) is 1.94. The van der Waals surface area contributed by atoms with Gasteiger partial charge in [-0.05, 0) is 36.8 Å². The fourth-order valence-corrected chi connectivity index (χ4v) is 2.57. The molecule has 0 saturated carbocycles. The van der Waals surface area contributed by atoms with Gasteiger partial charge in [0.25, 0.3) is 0 Å². The van der Waals surface area contributed by atoms with Crippen LogP contribution < -0.4 is 20.1 Å². The van der Waals surface area contributed by atoms with Crippen LogP contribution >= 0.6 is 24.0 Å². The van der Waals surface area contributed by atoms with E-state index in [1.54, 1.807) is 32.4 Å². The number of ether oxygens (including phenoxy) is 2. The third-order valence-electron chi connectivity index (χ3n) is 3.92. The molecule has 8 heteroatoms. The lowest BCUT2D eigenvalue weighted by Gasteiger charge is -2.18. The van der Waals surface area contributed by atoms with Crippen LogP contribution in [0.25, 0.3) is 0 Å². The van der Waals surface area contributed by atoms with Gasteiger partial charge in [0.05, 0.1) is 26.9 Å². The lowest BCUT2D eigenvalue weighted by Crippen LogP contribution is -2.39. The molecule has 1 aromatic carbocycles. The molecule has 27 heavy (non-hydrogen) atoms. The molecule has 0 amide bonds. The highest BCUT2D eigenvalue weighted by Gasteiger charge is 2.15. The van der Waals surface area contributed by atoms with Crippen LogP contribution in [0.2, 0.25) is 0 Å². The van der Waals surface area contributed by atoms with E-state index < -0.39 is 6.10 Å². The number of aliphatic imine (C=N–C) groups is 1. The van der Waals surface area contributed by atoms with Crippen molar-refractivity contribution in [2.24, 2.45) is 12.0 Å². The first kappa shape index (κ1) is 23.1. The summed E-state index contributed by atoms with van der Waals surface area (Å²) in [7, 11) is 5.15. The van der Waals surface area contributed by atoms with Crippen molar-refractivity contribution in [1.29, 1.82) is 0 Å². The molecule has 0 saturated heterocycles. The van der Waals surface area contributed by atoms with Crippen molar-refractivity contribution in [3.63, 3.8) is 0 Å². The van der Waals surface area contributed by atoms with Gasteiger partial charge in [0.15, 0.2) is 5.96 Å². The molecule has 3 N–H and O–H groups in total. The number of benzene rings is 1. The Kier molecular flexibility index (Phi) is 10.0. The number of nitrogens with one attached hydrogen (secondary N) is 2. The average Bonchev–Trinajstić information content (AvgIpc) is 3.08. The summed E-state index contributed by atoms with van der Waals surface area (Å²) in [4.78, 5) is 4.55. The van der Waals surface area contributed by atoms with Crippen molar-refractivity contribution in [1.82, 2.24) is 15.2 Å². The third kappa shape index (κ3) is 6.94. The quantitative estimate of drug-likeness (QED) is 0.302. The minimum absolute atomic E-state index is 0. The topological polar surface area (TPSA) is 80.0 Å². The highest BCUT2D eigenvalue weighted by Crippen LogP contribution is 2.29. The van der Waals surface area contributed by atoms with E-state index in [1.807, 2.05) is 37.0 Å². The van der Waals surface area contributed by atoms with Gasteiger partial charge in [-0.25, -0.2) is 4.99 Å². The number of methoxy groups -OCH3 is 2. The number of aromatic nitrogens is 1. The maximum absolute atomic E-state index is 10.6. The van der Waals surface area contributed by atoms with E-state index >= 15 is 0 Å². The highest BCUT2D eigenvalue weighted by atomic mass is 127. The van der Waals surface area contributed by atoms with Gasteiger partial charge in [-0.2, -0.15) is 0 Å². The zero-order valence-corrected chi connectivity index (χ0v) is 18.6. The third-order valence-corrected chi connectivity index (χ3v) is 3.92. The van der Waals surface area contributed by atoms with E-state index in [-0.39, 0.29) is 24.0 Å². The van der Waals surface area contributed by atoms with Crippen LogP contribution in [0.4, 0.5) is 0 Å². The van der Waals surface area contributed by atoms with Crippen molar-refractivity contribution < 1.29 is 14.6 Å². The summed E-state index contributed by atoms with van der Waals surface area (Å²) in [6.07, 6.45) is 3.26. The van der Waals surface area contributed by atoms with Crippen LogP contribution in [-0.4, -0.2) is 42.9 Å². The van der Waals surface area contributed by atoms with E-state index in [9.17, 15) is 5.11 Å². The molecule has 1 atom stereocenters. The molecule has 0 fully saturated rings. The molecule has 0 aliphatic rings. The van der Waals surface area contributed by atoms with Crippen LogP contribution in [0.5, 0.6) is 11.5 Å². The molecule has 1 unspecified atom stereocenters. The Balaban J connectivity index is 0.00000364.